The highest BCUT2D eigenvalue weighted by molar-refractivity contribution is 4.76. The van der Waals surface area contributed by atoms with E-state index in [9.17, 15) is 0 Å². The van der Waals surface area contributed by atoms with Crippen molar-refractivity contribution in [1.82, 2.24) is 19.8 Å². The second-order valence-corrected chi connectivity index (χ2v) is 5.02. The normalized spacial score (nSPS) is 21.8. The van der Waals surface area contributed by atoms with Crippen LogP contribution >= 0.6 is 0 Å². The van der Waals surface area contributed by atoms with Crippen LogP contribution in [0.15, 0.2) is 18.7 Å². The van der Waals surface area contributed by atoms with Gasteiger partial charge in [0.2, 0.25) is 0 Å². The van der Waals surface area contributed by atoms with Crippen LogP contribution in [0.25, 0.3) is 0 Å². The molecular formula is C13H24N4. The van der Waals surface area contributed by atoms with E-state index in [1.807, 2.05) is 18.7 Å². The van der Waals surface area contributed by atoms with Crippen molar-refractivity contribution in [2.45, 2.75) is 25.8 Å². The van der Waals surface area contributed by atoms with Gasteiger partial charge in [-0.25, -0.2) is 4.98 Å². The predicted molar refractivity (Wildman–Crippen MR) is 69.9 cm³/mol. The minimum Gasteiger partial charge on any atom is -0.337 e. The third-order valence-electron chi connectivity index (χ3n) is 3.55. The molecule has 0 saturated carbocycles. The summed E-state index contributed by atoms with van der Waals surface area (Å²) in [5, 5.41) is 3.30. The quantitative estimate of drug-likeness (QED) is 0.806. The van der Waals surface area contributed by atoms with Crippen molar-refractivity contribution in [2.75, 3.05) is 33.2 Å². The van der Waals surface area contributed by atoms with Crippen LogP contribution in [0.3, 0.4) is 0 Å². The number of aromatic nitrogens is 2. The number of imidazole rings is 1. The Labute approximate surface area is 104 Å². The van der Waals surface area contributed by atoms with Crippen molar-refractivity contribution in [3.63, 3.8) is 0 Å². The van der Waals surface area contributed by atoms with Gasteiger partial charge in [0, 0.05) is 25.5 Å². The highest BCUT2D eigenvalue weighted by Crippen LogP contribution is 2.15. The zero-order valence-electron chi connectivity index (χ0n) is 10.8. The van der Waals surface area contributed by atoms with Gasteiger partial charge in [0.05, 0.1) is 6.33 Å². The second-order valence-electron chi connectivity index (χ2n) is 5.02. The van der Waals surface area contributed by atoms with E-state index in [2.05, 4.69) is 26.8 Å². The highest BCUT2D eigenvalue weighted by Gasteiger charge is 2.18. The van der Waals surface area contributed by atoms with Crippen LogP contribution < -0.4 is 5.32 Å². The molecule has 96 valence electrons. The Bertz CT molecular complexity index is 294. The van der Waals surface area contributed by atoms with E-state index < -0.39 is 0 Å². The van der Waals surface area contributed by atoms with Crippen molar-refractivity contribution in [1.29, 1.82) is 0 Å². The molecule has 1 N–H and O–H groups in total. The van der Waals surface area contributed by atoms with Crippen molar-refractivity contribution < 1.29 is 0 Å². The molecule has 0 aliphatic carbocycles. The molecule has 0 radical (unpaired) electrons. The first kappa shape index (κ1) is 12.6. The number of likely N-dealkylation sites (tertiary alicyclic amines) is 1. The molecule has 0 bridgehead atoms. The first-order valence-corrected chi connectivity index (χ1v) is 6.71. The molecule has 17 heavy (non-hydrogen) atoms. The number of piperidine rings is 1. The lowest BCUT2D eigenvalue weighted by molar-refractivity contribution is 0.170. The van der Waals surface area contributed by atoms with Gasteiger partial charge in [0.25, 0.3) is 0 Å². The van der Waals surface area contributed by atoms with E-state index in [1.54, 1.807) is 0 Å². The SMILES string of the molecule is CNCC1CCCN(CCCn2ccnc2)C1. The molecule has 0 spiro atoms. The molecule has 2 rings (SSSR count). The second kappa shape index (κ2) is 6.77. The van der Waals surface area contributed by atoms with E-state index in [0.29, 0.717) is 0 Å². The Morgan fingerprint density at radius 3 is 3.12 bits per heavy atom. The average molecular weight is 236 g/mol. The van der Waals surface area contributed by atoms with E-state index in [-0.39, 0.29) is 0 Å². The number of rotatable bonds is 6. The fourth-order valence-corrected chi connectivity index (χ4v) is 2.71. The molecule has 1 aliphatic heterocycles. The Kier molecular flexibility index (Phi) is 5.01. The fourth-order valence-electron chi connectivity index (χ4n) is 2.71. The predicted octanol–water partition coefficient (Wildman–Crippen LogP) is 1.20. The Hall–Kier alpha value is -0.870. The molecule has 1 unspecified atom stereocenters. The molecule has 4 heteroatoms. The van der Waals surface area contributed by atoms with Gasteiger partial charge in [-0.3, -0.25) is 0 Å². The Morgan fingerprint density at radius 2 is 2.35 bits per heavy atom. The summed E-state index contributed by atoms with van der Waals surface area (Å²) < 4.78 is 2.16. The third-order valence-corrected chi connectivity index (χ3v) is 3.55. The first-order chi connectivity index (χ1) is 8.38. The van der Waals surface area contributed by atoms with Crippen LogP contribution in [-0.2, 0) is 6.54 Å². The zero-order valence-corrected chi connectivity index (χ0v) is 10.8. The summed E-state index contributed by atoms with van der Waals surface area (Å²) in [6.45, 7) is 6.03. The third kappa shape index (κ3) is 4.13. The van der Waals surface area contributed by atoms with Crippen LogP contribution in [0.1, 0.15) is 19.3 Å². The highest BCUT2D eigenvalue weighted by atomic mass is 15.1. The number of hydrogen-bond acceptors (Lipinski definition) is 3. The molecule has 1 saturated heterocycles. The number of nitrogens with zero attached hydrogens (tertiary/aromatic N) is 3. The summed E-state index contributed by atoms with van der Waals surface area (Å²) in [5.74, 6) is 0.849. The standard InChI is InChI=1S/C13H24N4/c1-14-10-13-4-2-6-16(11-13)7-3-8-17-9-5-15-12-17/h5,9,12-14H,2-4,6-8,10-11H2,1H3. The van der Waals surface area contributed by atoms with Crippen molar-refractivity contribution in [3.05, 3.63) is 18.7 Å². The molecule has 1 aromatic heterocycles. The first-order valence-electron chi connectivity index (χ1n) is 6.71. The van der Waals surface area contributed by atoms with Gasteiger partial charge < -0.3 is 14.8 Å². The van der Waals surface area contributed by atoms with Gasteiger partial charge in [-0.15, -0.1) is 0 Å². The molecule has 1 fully saturated rings. The van der Waals surface area contributed by atoms with Crippen LogP contribution in [0, 0.1) is 5.92 Å². The van der Waals surface area contributed by atoms with Gasteiger partial charge in [0.15, 0.2) is 0 Å². The maximum Gasteiger partial charge on any atom is 0.0945 e. The lowest BCUT2D eigenvalue weighted by Gasteiger charge is -2.32. The molecule has 0 amide bonds. The molecule has 1 aromatic rings. The summed E-state index contributed by atoms with van der Waals surface area (Å²) in [6.07, 6.45) is 9.77. The summed E-state index contributed by atoms with van der Waals surface area (Å²) in [7, 11) is 2.05. The maximum absolute atomic E-state index is 4.07. The van der Waals surface area contributed by atoms with Gasteiger partial charge in [-0.2, -0.15) is 0 Å². The topological polar surface area (TPSA) is 33.1 Å². The van der Waals surface area contributed by atoms with Crippen molar-refractivity contribution in [2.24, 2.45) is 5.92 Å². The van der Waals surface area contributed by atoms with Crippen LogP contribution in [-0.4, -0.2) is 47.7 Å². The summed E-state index contributed by atoms with van der Waals surface area (Å²) >= 11 is 0. The van der Waals surface area contributed by atoms with Gasteiger partial charge in [-0.1, -0.05) is 0 Å². The Balaban J connectivity index is 1.65. The van der Waals surface area contributed by atoms with Crippen LogP contribution in [0.2, 0.25) is 0 Å². The smallest absolute Gasteiger partial charge is 0.0945 e. The van der Waals surface area contributed by atoms with Crippen molar-refractivity contribution >= 4 is 0 Å². The summed E-state index contributed by atoms with van der Waals surface area (Å²) in [6, 6.07) is 0. The lowest BCUT2D eigenvalue weighted by Crippen LogP contribution is -2.39. The monoisotopic (exact) mass is 236 g/mol. The lowest BCUT2D eigenvalue weighted by atomic mass is 9.98. The zero-order chi connectivity index (χ0) is 11.9. The summed E-state index contributed by atoms with van der Waals surface area (Å²) in [4.78, 5) is 6.68. The van der Waals surface area contributed by atoms with Crippen LogP contribution in [0.4, 0.5) is 0 Å². The summed E-state index contributed by atoms with van der Waals surface area (Å²) in [5.41, 5.74) is 0. The van der Waals surface area contributed by atoms with Crippen molar-refractivity contribution in [3.8, 4) is 0 Å². The largest absolute Gasteiger partial charge is 0.337 e. The minimum atomic E-state index is 0.849. The average Bonchev–Trinajstić information content (AvgIpc) is 2.83. The molecule has 0 aromatic carbocycles. The van der Waals surface area contributed by atoms with Crippen LogP contribution in [0.5, 0.6) is 0 Å². The van der Waals surface area contributed by atoms with E-state index in [1.165, 1.54) is 38.9 Å². The van der Waals surface area contributed by atoms with E-state index >= 15 is 0 Å². The van der Waals surface area contributed by atoms with Gasteiger partial charge >= 0.3 is 0 Å². The molecule has 4 nitrogen and oxygen atoms in total. The van der Waals surface area contributed by atoms with E-state index in [0.717, 1.165) is 19.0 Å². The van der Waals surface area contributed by atoms with Gasteiger partial charge in [-0.05, 0) is 51.9 Å². The molecular weight excluding hydrogens is 212 g/mol. The number of aryl methyl sites for hydroxylation is 1. The van der Waals surface area contributed by atoms with E-state index in [4.69, 9.17) is 0 Å². The van der Waals surface area contributed by atoms with Gasteiger partial charge in [0.1, 0.15) is 0 Å². The molecule has 1 atom stereocenters. The molecule has 2 heterocycles. The maximum atomic E-state index is 4.07. The molecule has 1 aliphatic rings. The minimum absolute atomic E-state index is 0.849. The Morgan fingerprint density at radius 1 is 1.41 bits per heavy atom. The number of nitrogens with one attached hydrogen (secondary N) is 1. The number of hydrogen-bond donors (Lipinski definition) is 1. The fraction of sp³-hybridized carbons (Fsp3) is 0.769.